The average molecular weight is 302 g/mol. The quantitative estimate of drug-likeness (QED) is 0.817. The van der Waals surface area contributed by atoms with Gasteiger partial charge in [0.1, 0.15) is 0 Å². The molecule has 0 spiro atoms. The third kappa shape index (κ3) is 3.22. The summed E-state index contributed by atoms with van der Waals surface area (Å²) in [5.74, 6) is 1.03. The van der Waals surface area contributed by atoms with Gasteiger partial charge in [0.2, 0.25) is 5.95 Å². The Morgan fingerprint density at radius 1 is 1.10 bits per heavy atom. The van der Waals surface area contributed by atoms with Gasteiger partial charge in [-0.05, 0) is 43.2 Å². The summed E-state index contributed by atoms with van der Waals surface area (Å²) in [5.41, 5.74) is 0.744. The molecule has 3 rings (SSSR count). The number of ketones is 1. The predicted molar refractivity (Wildman–Crippen MR) is 82.8 cm³/mol. The van der Waals surface area contributed by atoms with E-state index < -0.39 is 0 Å². The average Bonchev–Trinajstić information content (AvgIpc) is 2.56. The summed E-state index contributed by atoms with van der Waals surface area (Å²) in [7, 11) is 0. The maximum absolute atomic E-state index is 12.5. The zero-order chi connectivity index (χ0) is 14.7. The summed E-state index contributed by atoms with van der Waals surface area (Å²) >= 11 is 5.86. The van der Waals surface area contributed by atoms with Crippen LogP contribution in [0.25, 0.3) is 0 Å². The molecule has 0 bridgehead atoms. The number of carbonyl (C=O) groups excluding carboxylic acids is 1. The van der Waals surface area contributed by atoms with Gasteiger partial charge >= 0.3 is 0 Å². The predicted octanol–water partition coefficient (Wildman–Crippen LogP) is 3.23. The summed E-state index contributed by atoms with van der Waals surface area (Å²) in [6.45, 7) is 1.63. The summed E-state index contributed by atoms with van der Waals surface area (Å²) in [4.78, 5) is 23.1. The van der Waals surface area contributed by atoms with E-state index in [2.05, 4.69) is 14.9 Å². The standard InChI is InChI=1S/C16H16ClN3O/c17-14-4-2-12(3-5-14)15(21)13-6-10-20(11-7-13)16-18-8-1-9-19-16/h1-5,8-9,13H,6-7,10-11H2. The van der Waals surface area contributed by atoms with E-state index in [4.69, 9.17) is 11.6 Å². The van der Waals surface area contributed by atoms with Gasteiger partial charge in [-0.1, -0.05) is 11.6 Å². The first kappa shape index (κ1) is 14.0. The molecular formula is C16H16ClN3O. The van der Waals surface area contributed by atoms with Crippen molar-refractivity contribution in [2.45, 2.75) is 12.8 Å². The van der Waals surface area contributed by atoms with Gasteiger partial charge in [0.25, 0.3) is 0 Å². The van der Waals surface area contributed by atoms with Crippen LogP contribution in [0.15, 0.2) is 42.7 Å². The fraction of sp³-hybridized carbons (Fsp3) is 0.312. The number of rotatable bonds is 3. The second kappa shape index (κ2) is 6.22. The number of halogens is 1. The number of benzene rings is 1. The van der Waals surface area contributed by atoms with Crippen LogP contribution in [0.5, 0.6) is 0 Å². The van der Waals surface area contributed by atoms with Crippen LogP contribution in [-0.4, -0.2) is 28.8 Å². The molecular weight excluding hydrogens is 286 g/mol. The molecule has 0 N–H and O–H groups in total. The molecule has 1 aliphatic rings. The Labute approximate surface area is 128 Å². The first-order valence-electron chi connectivity index (χ1n) is 7.06. The lowest BCUT2D eigenvalue weighted by Gasteiger charge is -2.31. The van der Waals surface area contributed by atoms with Crippen LogP contribution in [0.2, 0.25) is 5.02 Å². The molecule has 1 fully saturated rings. The van der Waals surface area contributed by atoms with Crippen molar-refractivity contribution in [3.8, 4) is 0 Å². The zero-order valence-electron chi connectivity index (χ0n) is 11.6. The summed E-state index contributed by atoms with van der Waals surface area (Å²) in [5, 5.41) is 0.655. The molecule has 0 unspecified atom stereocenters. The van der Waals surface area contributed by atoms with Crippen LogP contribution < -0.4 is 4.90 Å². The molecule has 4 nitrogen and oxygen atoms in total. The third-order valence-corrected chi connectivity index (χ3v) is 4.08. The Morgan fingerprint density at radius 2 is 1.71 bits per heavy atom. The van der Waals surface area contributed by atoms with Crippen molar-refractivity contribution in [1.82, 2.24) is 9.97 Å². The minimum Gasteiger partial charge on any atom is -0.341 e. The Bertz CT molecular complexity index is 607. The molecule has 2 heterocycles. The Kier molecular flexibility index (Phi) is 4.15. The molecule has 108 valence electrons. The normalized spacial score (nSPS) is 16.0. The highest BCUT2D eigenvalue weighted by Crippen LogP contribution is 2.24. The number of hydrogen-bond donors (Lipinski definition) is 0. The van der Waals surface area contributed by atoms with Crippen LogP contribution in [0.3, 0.4) is 0 Å². The molecule has 0 radical (unpaired) electrons. The molecule has 1 aromatic carbocycles. The van der Waals surface area contributed by atoms with E-state index in [-0.39, 0.29) is 11.7 Å². The lowest BCUT2D eigenvalue weighted by Crippen LogP contribution is -2.37. The number of hydrogen-bond acceptors (Lipinski definition) is 4. The highest BCUT2D eigenvalue weighted by Gasteiger charge is 2.26. The third-order valence-electron chi connectivity index (χ3n) is 3.83. The molecule has 2 aromatic rings. The summed E-state index contributed by atoms with van der Waals surface area (Å²) in [6, 6.07) is 8.94. The van der Waals surface area contributed by atoms with E-state index >= 15 is 0 Å². The van der Waals surface area contributed by atoms with E-state index in [0.29, 0.717) is 5.02 Å². The first-order valence-corrected chi connectivity index (χ1v) is 7.43. The van der Waals surface area contributed by atoms with Crippen LogP contribution >= 0.6 is 11.6 Å². The second-order valence-corrected chi connectivity index (χ2v) is 5.62. The van der Waals surface area contributed by atoms with Gasteiger partial charge in [0, 0.05) is 42.0 Å². The number of nitrogens with zero attached hydrogens (tertiary/aromatic N) is 3. The fourth-order valence-electron chi connectivity index (χ4n) is 2.65. The maximum atomic E-state index is 12.5. The van der Waals surface area contributed by atoms with E-state index in [9.17, 15) is 4.79 Å². The molecule has 1 aliphatic heterocycles. The minimum absolute atomic E-state index is 0.0751. The maximum Gasteiger partial charge on any atom is 0.225 e. The Hall–Kier alpha value is -1.94. The van der Waals surface area contributed by atoms with Crippen molar-refractivity contribution < 1.29 is 4.79 Å². The number of piperidine rings is 1. The topological polar surface area (TPSA) is 46.1 Å². The van der Waals surface area contributed by atoms with E-state index in [1.165, 1.54) is 0 Å². The van der Waals surface area contributed by atoms with Crippen molar-refractivity contribution in [3.63, 3.8) is 0 Å². The van der Waals surface area contributed by atoms with Gasteiger partial charge in [-0.2, -0.15) is 0 Å². The van der Waals surface area contributed by atoms with Crippen molar-refractivity contribution in [2.75, 3.05) is 18.0 Å². The molecule has 0 amide bonds. The zero-order valence-corrected chi connectivity index (χ0v) is 12.3. The number of aromatic nitrogens is 2. The van der Waals surface area contributed by atoms with Gasteiger partial charge < -0.3 is 4.90 Å². The van der Waals surface area contributed by atoms with Gasteiger partial charge in [0.15, 0.2) is 5.78 Å². The second-order valence-electron chi connectivity index (χ2n) is 5.18. The van der Waals surface area contributed by atoms with E-state index in [1.807, 2.05) is 0 Å². The van der Waals surface area contributed by atoms with Crippen molar-refractivity contribution >= 4 is 23.3 Å². The minimum atomic E-state index is 0.0751. The van der Waals surface area contributed by atoms with Crippen LogP contribution in [-0.2, 0) is 0 Å². The van der Waals surface area contributed by atoms with Crippen LogP contribution in [0, 0.1) is 5.92 Å². The van der Waals surface area contributed by atoms with Crippen molar-refractivity contribution in [2.24, 2.45) is 5.92 Å². The molecule has 21 heavy (non-hydrogen) atoms. The number of Topliss-reactive ketones (excluding diaryl/α,β-unsaturated/α-hetero) is 1. The van der Waals surface area contributed by atoms with Crippen molar-refractivity contribution in [1.29, 1.82) is 0 Å². The van der Waals surface area contributed by atoms with Crippen LogP contribution in [0.4, 0.5) is 5.95 Å². The smallest absolute Gasteiger partial charge is 0.225 e. The highest BCUT2D eigenvalue weighted by atomic mass is 35.5. The number of carbonyl (C=O) groups is 1. The molecule has 5 heteroatoms. The molecule has 0 saturated carbocycles. The Balaban J connectivity index is 1.63. The molecule has 0 atom stereocenters. The molecule has 0 aliphatic carbocycles. The van der Waals surface area contributed by atoms with Gasteiger partial charge in [-0.25, -0.2) is 9.97 Å². The number of anilines is 1. The largest absolute Gasteiger partial charge is 0.341 e. The lowest BCUT2D eigenvalue weighted by atomic mass is 9.89. The molecule has 1 saturated heterocycles. The van der Waals surface area contributed by atoms with Crippen LogP contribution in [0.1, 0.15) is 23.2 Å². The van der Waals surface area contributed by atoms with E-state index in [1.54, 1.807) is 42.7 Å². The summed E-state index contributed by atoms with van der Waals surface area (Å²) < 4.78 is 0. The van der Waals surface area contributed by atoms with Gasteiger partial charge in [-0.15, -0.1) is 0 Å². The highest BCUT2D eigenvalue weighted by molar-refractivity contribution is 6.30. The van der Waals surface area contributed by atoms with Gasteiger partial charge in [-0.3, -0.25) is 4.79 Å². The monoisotopic (exact) mass is 301 g/mol. The lowest BCUT2D eigenvalue weighted by molar-refractivity contribution is 0.0900. The van der Waals surface area contributed by atoms with Crippen molar-refractivity contribution in [3.05, 3.63) is 53.3 Å². The van der Waals surface area contributed by atoms with Gasteiger partial charge in [0.05, 0.1) is 0 Å². The van der Waals surface area contributed by atoms with E-state index in [0.717, 1.165) is 37.4 Å². The summed E-state index contributed by atoms with van der Waals surface area (Å²) in [6.07, 6.45) is 5.15. The SMILES string of the molecule is O=C(c1ccc(Cl)cc1)C1CCN(c2ncccn2)CC1. The fourth-order valence-corrected chi connectivity index (χ4v) is 2.77. The molecule has 1 aromatic heterocycles. The Morgan fingerprint density at radius 3 is 2.33 bits per heavy atom. The first-order chi connectivity index (χ1) is 10.2.